The van der Waals surface area contributed by atoms with Crippen molar-refractivity contribution in [3.05, 3.63) is 0 Å². The number of rotatable bonds is 4. The van der Waals surface area contributed by atoms with Crippen molar-refractivity contribution in [2.24, 2.45) is 0 Å². The molecule has 0 aromatic carbocycles. The van der Waals surface area contributed by atoms with E-state index in [0.29, 0.717) is 24.5 Å². The van der Waals surface area contributed by atoms with Crippen LogP contribution in [0.3, 0.4) is 0 Å². The predicted molar refractivity (Wildman–Crippen MR) is 63.9 cm³/mol. The van der Waals surface area contributed by atoms with Crippen molar-refractivity contribution in [1.29, 1.82) is 0 Å². The van der Waals surface area contributed by atoms with Gasteiger partial charge in [0.2, 0.25) is 11.9 Å². The van der Waals surface area contributed by atoms with E-state index in [0.717, 1.165) is 0 Å². The lowest BCUT2D eigenvalue weighted by molar-refractivity contribution is 0.312. The molecule has 1 heterocycles. The maximum atomic E-state index is 5.26. The standard InChI is InChI=1S/C10H19N5O/c1-6-16-9-13-7(11-5)12-8(14-9)15-10(2,3)4/h6H2,1-5H3,(H2,11,12,13,14,15). The molecule has 0 aliphatic carbocycles. The van der Waals surface area contributed by atoms with E-state index in [4.69, 9.17) is 4.74 Å². The van der Waals surface area contributed by atoms with Crippen molar-refractivity contribution in [3.8, 4) is 6.01 Å². The number of aromatic nitrogens is 3. The minimum absolute atomic E-state index is 0.101. The molecule has 0 radical (unpaired) electrons. The third-order valence-electron chi connectivity index (χ3n) is 1.60. The molecule has 0 fully saturated rings. The van der Waals surface area contributed by atoms with Gasteiger partial charge in [-0.1, -0.05) is 0 Å². The van der Waals surface area contributed by atoms with Crippen molar-refractivity contribution in [1.82, 2.24) is 15.0 Å². The first-order valence-corrected chi connectivity index (χ1v) is 5.29. The number of anilines is 2. The summed E-state index contributed by atoms with van der Waals surface area (Å²) in [6.07, 6.45) is 0. The average Bonchev–Trinajstić information content (AvgIpc) is 2.15. The minimum Gasteiger partial charge on any atom is -0.464 e. The van der Waals surface area contributed by atoms with Gasteiger partial charge in [0.25, 0.3) is 0 Å². The molecule has 0 amide bonds. The van der Waals surface area contributed by atoms with Crippen LogP contribution in [0.1, 0.15) is 27.7 Å². The zero-order valence-electron chi connectivity index (χ0n) is 10.5. The highest BCUT2D eigenvalue weighted by atomic mass is 16.5. The summed E-state index contributed by atoms with van der Waals surface area (Å²) in [5.74, 6) is 1.00. The molecule has 6 nitrogen and oxygen atoms in total. The van der Waals surface area contributed by atoms with Crippen LogP contribution in [0.15, 0.2) is 0 Å². The highest BCUT2D eigenvalue weighted by molar-refractivity contribution is 5.36. The second-order valence-corrected chi connectivity index (χ2v) is 4.32. The van der Waals surface area contributed by atoms with Gasteiger partial charge in [0, 0.05) is 12.6 Å². The molecule has 0 spiro atoms. The Labute approximate surface area is 95.9 Å². The summed E-state index contributed by atoms with van der Waals surface area (Å²) in [6, 6.07) is 0.327. The predicted octanol–water partition coefficient (Wildman–Crippen LogP) is 1.52. The SMILES string of the molecule is CCOc1nc(NC)nc(NC(C)(C)C)n1. The number of ether oxygens (including phenoxy) is 1. The fraction of sp³-hybridized carbons (Fsp3) is 0.700. The molecule has 1 aromatic rings. The molecule has 0 saturated heterocycles. The van der Waals surface area contributed by atoms with Gasteiger partial charge in [0.1, 0.15) is 0 Å². The monoisotopic (exact) mass is 225 g/mol. The average molecular weight is 225 g/mol. The Hall–Kier alpha value is -1.59. The lowest BCUT2D eigenvalue weighted by Crippen LogP contribution is -2.27. The topological polar surface area (TPSA) is 72.0 Å². The second kappa shape index (κ2) is 4.96. The molecule has 0 atom stereocenters. The Morgan fingerprint density at radius 1 is 1.12 bits per heavy atom. The van der Waals surface area contributed by atoms with Crippen LogP contribution in [-0.2, 0) is 0 Å². The summed E-state index contributed by atoms with van der Waals surface area (Å²) in [5, 5.41) is 6.04. The number of hydrogen-bond acceptors (Lipinski definition) is 6. The van der Waals surface area contributed by atoms with Gasteiger partial charge in [-0.25, -0.2) is 0 Å². The largest absolute Gasteiger partial charge is 0.464 e. The van der Waals surface area contributed by atoms with E-state index in [1.807, 2.05) is 27.7 Å². The quantitative estimate of drug-likeness (QED) is 0.809. The number of nitrogens with one attached hydrogen (secondary N) is 2. The molecular weight excluding hydrogens is 206 g/mol. The van der Waals surface area contributed by atoms with E-state index in [1.165, 1.54) is 0 Å². The van der Waals surface area contributed by atoms with E-state index in [1.54, 1.807) is 7.05 Å². The summed E-state index contributed by atoms with van der Waals surface area (Å²) in [6.45, 7) is 8.53. The molecule has 0 saturated carbocycles. The fourth-order valence-corrected chi connectivity index (χ4v) is 1.05. The zero-order chi connectivity index (χ0) is 12.2. The Balaban J connectivity index is 2.95. The second-order valence-electron chi connectivity index (χ2n) is 4.32. The molecule has 0 unspecified atom stereocenters. The highest BCUT2D eigenvalue weighted by Gasteiger charge is 2.13. The molecule has 2 N–H and O–H groups in total. The van der Waals surface area contributed by atoms with Gasteiger partial charge in [-0.3, -0.25) is 0 Å². The van der Waals surface area contributed by atoms with E-state index in [-0.39, 0.29) is 5.54 Å². The normalized spacial score (nSPS) is 11.1. The van der Waals surface area contributed by atoms with Crippen molar-refractivity contribution >= 4 is 11.9 Å². The van der Waals surface area contributed by atoms with Crippen LogP contribution in [0.25, 0.3) is 0 Å². The first kappa shape index (κ1) is 12.5. The molecule has 1 aromatic heterocycles. The lowest BCUT2D eigenvalue weighted by atomic mass is 10.1. The number of nitrogens with zero attached hydrogens (tertiary/aromatic N) is 3. The summed E-state index contributed by atoms with van der Waals surface area (Å²) in [5.41, 5.74) is -0.101. The van der Waals surface area contributed by atoms with Gasteiger partial charge < -0.3 is 15.4 Å². The van der Waals surface area contributed by atoms with Crippen molar-refractivity contribution in [2.45, 2.75) is 33.2 Å². The maximum absolute atomic E-state index is 5.26. The van der Waals surface area contributed by atoms with Gasteiger partial charge in [-0.2, -0.15) is 15.0 Å². The molecule has 90 valence electrons. The molecule has 0 aliphatic heterocycles. The third-order valence-corrected chi connectivity index (χ3v) is 1.60. The molecular formula is C10H19N5O. The van der Waals surface area contributed by atoms with Gasteiger partial charge in [-0.15, -0.1) is 0 Å². The lowest BCUT2D eigenvalue weighted by Gasteiger charge is -2.20. The molecule has 1 rings (SSSR count). The highest BCUT2D eigenvalue weighted by Crippen LogP contribution is 2.14. The van der Waals surface area contributed by atoms with Gasteiger partial charge in [-0.05, 0) is 27.7 Å². The van der Waals surface area contributed by atoms with E-state index in [2.05, 4.69) is 25.6 Å². The van der Waals surface area contributed by atoms with Gasteiger partial charge in [0.15, 0.2) is 0 Å². The van der Waals surface area contributed by atoms with Crippen LogP contribution in [0.2, 0.25) is 0 Å². The zero-order valence-corrected chi connectivity index (χ0v) is 10.5. The summed E-state index contributed by atoms with van der Waals surface area (Å²) in [4.78, 5) is 12.4. The van der Waals surface area contributed by atoms with Crippen LogP contribution in [0, 0.1) is 0 Å². The van der Waals surface area contributed by atoms with Crippen LogP contribution in [0.4, 0.5) is 11.9 Å². The van der Waals surface area contributed by atoms with Gasteiger partial charge in [0.05, 0.1) is 6.61 Å². The van der Waals surface area contributed by atoms with E-state index in [9.17, 15) is 0 Å². The van der Waals surface area contributed by atoms with E-state index >= 15 is 0 Å². The van der Waals surface area contributed by atoms with Crippen molar-refractivity contribution in [2.75, 3.05) is 24.3 Å². The molecule has 0 bridgehead atoms. The Morgan fingerprint density at radius 3 is 2.25 bits per heavy atom. The van der Waals surface area contributed by atoms with Crippen LogP contribution >= 0.6 is 0 Å². The fourth-order valence-electron chi connectivity index (χ4n) is 1.05. The van der Waals surface area contributed by atoms with Crippen molar-refractivity contribution in [3.63, 3.8) is 0 Å². The summed E-state index contributed by atoms with van der Waals surface area (Å²) >= 11 is 0. The summed E-state index contributed by atoms with van der Waals surface area (Å²) < 4.78 is 5.26. The van der Waals surface area contributed by atoms with Crippen LogP contribution in [-0.4, -0.2) is 34.1 Å². The van der Waals surface area contributed by atoms with Crippen LogP contribution < -0.4 is 15.4 Å². The first-order valence-electron chi connectivity index (χ1n) is 5.29. The summed E-state index contributed by atoms with van der Waals surface area (Å²) in [7, 11) is 1.76. The Kier molecular flexibility index (Phi) is 3.87. The first-order chi connectivity index (χ1) is 7.44. The Morgan fingerprint density at radius 2 is 1.75 bits per heavy atom. The third kappa shape index (κ3) is 3.88. The smallest absolute Gasteiger partial charge is 0.323 e. The van der Waals surface area contributed by atoms with Gasteiger partial charge >= 0.3 is 6.01 Å². The molecule has 16 heavy (non-hydrogen) atoms. The maximum Gasteiger partial charge on any atom is 0.323 e. The number of hydrogen-bond donors (Lipinski definition) is 2. The van der Waals surface area contributed by atoms with E-state index < -0.39 is 0 Å². The van der Waals surface area contributed by atoms with Crippen LogP contribution in [0.5, 0.6) is 6.01 Å². The minimum atomic E-state index is -0.101. The molecule has 6 heteroatoms. The van der Waals surface area contributed by atoms with Crippen molar-refractivity contribution < 1.29 is 4.74 Å². The molecule has 0 aliphatic rings. The Bertz CT molecular complexity index is 348.